The van der Waals surface area contributed by atoms with Crippen LogP contribution in [0, 0.1) is 11.2 Å². The van der Waals surface area contributed by atoms with Crippen LogP contribution in [0.5, 0.6) is 5.88 Å². The summed E-state index contributed by atoms with van der Waals surface area (Å²) in [6.07, 6.45) is 2.88. The minimum absolute atomic E-state index is 0.0777. The molecule has 1 heterocycles. The third-order valence-corrected chi connectivity index (χ3v) is 5.48. The molecule has 9 heteroatoms. The molecule has 0 aliphatic heterocycles. The first-order valence-corrected chi connectivity index (χ1v) is 10.2. The van der Waals surface area contributed by atoms with Crippen molar-refractivity contribution in [3.8, 4) is 17.0 Å². The number of carbonyl (C=O) groups is 2. The van der Waals surface area contributed by atoms with E-state index in [2.05, 4.69) is 15.6 Å². The Bertz CT molecular complexity index is 1150. The van der Waals surface area contributed by atoms with E-state index >= 15 is 0 Å². The Morgan fingerprint density at radius 2 is 1.69 bits per heavy atom. The van der Waals surface area contributed by atoms with E-state index in [-0.39, 0.29) is 11.6 Å². The number of hydrogen-bond acceptors (Lipinski definition) is 4. The molecule has 3 N–H and O–H groups in total. The molecule has 0 unspecified atom stereocenters. The molecule has 0 saturated heterocycles. The molecule has 1 aliphatic carbocycles. The molecule has 4 rings (SSSR count). The number of rotatable bonds is 7. The quantitative estimate of drug-likeness (QED) is 0.441. The number of anilines is 2. The van der Waals surface area contributed by atoms with E-state index in [1.165, 1.54) is 18.2 Å². The van der Waals surface area contributed by atoms with E-state index in [1.807, 2.05) is 18.2 Å². The summed E-state index contributed by atoms with van der Waals surface area (Å²) < 4.78 is 18.7. The lowest BCUT2D eigenvalue weighted by molar-refractivity contribution is -0.144. The summed E-state index contributed by atoms with van der Waals surface area (Å²) in [5, 5.41) is 14.4. The normalized spacial score (nSPS) is 13.8. The Morgan fingerprint density at radius 3 is 2.28 bits per heavy atom. The Kier molecular flexibility index (Phi) is 5.96. The molecule has 1 aromatic heterocycles. The average Bonchev–Trinajstić information content (AvgIpc) is 3.57. The first kappa shape index (κ1) is 21.6. The Balaban J connectivity index is 1.33. The van der Waals surface area contributed by atoms with Crippen LogP contribution in [0.1, 0.15) is 12.8 Å². The van der Waals surface area contributed by atoms with Crippen molar-refractivity contribution in [1.82, 2.24) is 4.98 Å². The summed E-state index contributed by atoms with van der Waals surface area (Å²) in [5.41, 5.74) is 1.89. The Morgan fingerprint density at radius 1 is 1.03 bits per heavy atom. The van der Waals surface area contributed by atoms with Gasteiger partial charge in [0.1, 0.15) is 17.8 Å². The molecule has 7 nitrogen and oxygen atoms in total. The first-order valence-electron chi connectivity index (χ1n) is 9.80. The first-order chi connectivity index (χ1) is 15.3. The van der Waals surface area contributed by atoms with E-state index in [0.29, 0.717) is 30.1 Å². The van der Waals surface area contributed by atoms with Crippen molar-refractivity contribution in [2.24, 2.45) is 5.41 Å². The number of ether oxygens (including phenoxy) is 1. The fourth-order valence-corrected chi connectivity index (χ4v) is 3.21. The summed E-state index contributed by atoms with van der Waals surface area (Å²) in [4.78, 5) is 27.6. The number of nitrogens with zero attached hydrogens (tertiary/aromatic N) is 1. The number of urea groups is 1. The monoisotopic (exact) mass is 455 g/mol. The standard InChI is InChI=1S/C23H19ClFN3O4/c24-18-11-17(6-7-19(18)25)28-22(31)27-16-4-1-14(2-5-16)15-3-8-20(26-12-15)32-13-23(9-10-23)21(29)30/h1-8,11-12H,9-10,13H2,(H,29,30)(H2,27,28,31). The lowest BCUT2D eigenvalue weighted by Crippen LogP contribution is -2.23. The van der Waals surface area contributed by atoms with Gasteiger partial charge in [-0.05, 0) is 54.8 Å². The van der Waals surface area contributed by atoms with Crippen LogP contribution in [0.15, 0.2) is 60.8 Å². The molecule has 1 saturated carbocycles. The summed E-state index contributed by atoms with van der Waals surface area (Å²) >= 11 is 5.71. The molecule has 32 heavy (non-hydrogen) atoms. The SMILES string of the molecule is O=C(Nc1ccc(-c2ccc(OCC3(C(=O)O)CC3)nc2)cc1)Nc1ccc(F)c(Cl)c1. The van der Waals surface area contributed by atoms with Crippen LogP contribution < -0.4 is 15.4 Å². The lowest BCUT2D eigenvalue weighted by atomic mass is 10.1. The van der Waals surface area contributed by atoms with Gasteiger partial charge in [-0.25, -0.2) is 14.2 Å². The van der Waals surface area contributed by atoms with E-state index in [0.717, 1.165) is 11.1 Å². The van der Waals surface area contributed by atoms with Gasteiger partial charge in [0.05, 0.1) is 5.02 Å². The van der Waals surface area contributed by atoms with Crippen molar-refractivity contribution in [2.45, 2.75) is 12.8 Å². The number of nitrogens with one attached hydrogen (secondary N) is 2. The third kappa shape index (κ3) is 4.97. The van der Waals surface area contributed by atoms with Gasteiger partial charge in [-0.2, -0.15) is 0 Å². The van der Waals surface area contributed by atoms with E-state index in [4.69, 9.17) is 16.3 Å². The average molecular weight is 456 g/mol. The van der Waals surface area contributed by atoms with Crippen LogP contribution in [-0.2, 0) is 4.79 Å². The maximum atomic E-state index is 13.2. The van der Waals surface area contributed by atoms with Gasteiger partial charge in [0.15, 0.2) is 0 Å². The lowest BCUT2D eigenvalue weighted by Gasteiger charge is -2.11. The van der Waals surface area contributed by atoms with Gasteiger partial charge >= 0.3 is 12.0 Å². The maximum Gasteiger partial charge on any atom is 0.323 e. The third-order valence-electron chi connectivity index (χ3n) is 5.19. The number of pyridine rings is 1. The van der Waals surface area contributed by atoms with Crippen molar-refractivity contribution >= 4 is 35.0 Å². The van der Waals surface area contributed by atoms with Crippen molar-refractivity contribution in [1.29, 1.82) is 0 Å². The maximum absolute atomic E-state index is 13.2. The number of aromatic nitrogens is 1. The summed E-state index contributed by atoms with van der Waals surface area (Å²) in [5.74, 6) is -1.02. The van der Waals surface area contributed by atoms with Crippen LogP contribution in [0.3, 0.4) is 0 Å². The fourth-order valence-electron chi connectivity index (χ4n) is 3.03. The highest BCUT2D eigenvalue weighted by atomic mass is 35.5. The Hall–Kier alpha value is -3.65. The highest BCUT2D eigenvalue weighted by Crippen LogP contribution is 2.46. The molecule has 0 bridgehead atoms. The van der Waals surface area contributed by atoms with Gasteiger partial charge in [-0.1, -0.05) is 23.7 Å². The van der Waals surface area contributed by atoms with Gasteiger partial charge in [0.2, 0.25) is 5.88 Å². The zero-order valence-corrected chi connectivity index (χ0v) is 17.5. The summed E-state index contributed by atoms with van der Waals surface area (Å²) in [7, 11) is 0. The molecule has 164 valence electrons. The fraction of sp³-hybridized carbons (Fsp3) is 0.174. The number of hydrogen-bond donors (Lipinski definition) is 3. The highest BCUT2D eigenvalue weighted by molar-refractivity contribution is 6.31. The smallest absolute Gasteiger partial charge is 0.323 e. The number of carboxylic acids is 1. The van der Waals surface area contributed by atoms with Crippen LogP contribution in [-0.4, -0.2) is 28.7 Å². The van der Waals surface area contributed by atoms with Gasteiger partial charge in [-0.15, -0.1) is 0 Å². The molecule has 2 aromatic carbocycles. The molecular weight excluding hydrogens is 437 g/mol. The second-order valence-electron chi connectivity index (χ2n) is 7.54. The number of carboxylic acid groups (broad SMARTS) is 1. The van der Waals surface area contributed by atoms with E-state index in [9.17, 15) is 19.1 Å². The van der Waals surface area contributed by atoms with Crippen molar-refractivity contribution in [2.75, 3.05) is 17.2 Å². The number of aliphatic carboxylic acids is 1. The van der Waals surface area contributed by atoms with Crippen LogP contribution in [0.2, 0.25) is 5.02 Å². The molecule has 0 atom stereocenters. The molecule has 2 amide bonds. The second-order valence-corrected chi connectivity index (χ2v) is 7.95. The predicted molar refractivity (Wildman–Crippen MR) is 119 cm³/mol. The predicted octanol–water partition coefficient (Wildman–Crippen LogP) is 5.43. The zero-order valence-electron chi connectivity index (χ0n) is 16.8. The zero-order chi connectivity index (χ0) is 22.7. The largest absolute Gasteiger partial charge is 0.481 e. The van der Waals surface area contributed by atoms with Crippen molar-refractivity contribution < 1.29 is 23.8 Å². The molecule has 1 aliphatic rings. The van der Waals surface area contributed by atoms with Gasteiger partial charge in [-0.3, -0.25) is 4.79 Å². The van der Waals surface area contributed by atoms with Crippen molar-refractivity contribution in [3.05, 3.63) is 71.6 Å². The number of halogens is 2. The van der Waals surface area contributed by atoms with E-state index < -0.39 is 23.2 Å². The number of amides is 2. The molecule has 0 spiro atoms. The van der Waals surface area contributed by atoms with Crippen LogP contribution in [0.25, 0.3) is 11.1 Å². The van der Waals surface area contributed by atoms with Crippen LogP contribution in [0.4, 0.5) is 20.6 Å². The Labute approximate surface area is 188 Å². The van der Waals surface area contributed by atoms with Gasteiger partial charge < -0.3 is 20.5 Å². The summed E-state index contributed by atoms with van der Waals surface area (Å²) in [6, 6.07) is 14.1. The molecule has 0 radical (unpaired) electrons. The molecule has 3 aromatic rings. The summed E-state index contributed by atoms with van der Waals surface area (Å²) in [6.45, 7) is 0.112. The highest BCUT2D eigenvalue weighted by Gasteiger charge is 2.51. The van der Waals surface area contributed by atoms with Crippen molar-refractivity contribution in [3.63, 3.8) is 0 Å². The molecule has 1 fully saturated rings. The van der Waals surface area contributed by atoms with Gasteiger partial charge in [0, 0.05) is 29.2 Å². The van der Waals surface area contributed by atoms with Gasteiger partial charge in [0.25, 0.3) is 0 Å². The topological polar surface area (TPSA) is 101 Å². The number of carbonyl (C=O) groups excluding carboxylic acids is 1. The minimum atomic E-state index is -0.835. The minimum Gasteiger partial charge on any atom is -0.481 e. The van der Waals surface area contributed by atoms with Crippen LogP contribution >= 0.6 is 11.6 Å². The number of benzene rings is 2. The molecular formula is C23H19ClFN3O4. The van der Waals surface area contributed by atoms with E-state index in [1.54, 1.807) is 24.4 Å². The second kappa shape index (κ2) is 8.84.